The third kappa shape index (κ3) is 2.50. The molecule has 12 heavy (non-hydrogen) atoms. The van der Waals surface area contributed by atoms with Crippen molar-refractivity contribution in [3.8, 4) is 0 Å². The molecule has 66 valence electrons. The van der Waals surface area contributed by atoms with Gasteiger partial charge in [-0.1, -0.05) is 6.58 Å². The number of rotatable bonds is 4. The number of nitrogens with one attached hydrogen (secondary N) is 1. The highest BCUT2D eigenvalue weighted by Gasteiger charge is 2.02. The van der Waals surface area contributed by atoms with Gasteiger partial charge in [0.2, 0.25) is 0 Å². The molecule has 0 bridgehead atoms. The van der Waals surface area contributed by atoms with E-state index in [0.29, 0.717) is 0 Å². The van der Waals surface area contributed by atoms with Crippen LogP contribution in [0.25, 0.3) is 5.57 Å². The lowest BCUT2D eigenvalue weighted by molar-refractivity contribution is 0.525. The fourth-order valence-corrected chi connectivity index (χ4v) is 1.21. The summed E-state index contributed by atoms with van der Waals surface area (Å²) in [6, 6.07) is 3.79. The van der Waals surface area contributed by atoms with E-state index < -0.39 is 0 Å². The van der Waals surface area contributed by atoms with Crippen LogP contribution < -0.4 is 5.32 Å². The van der Waals surface area contributed by atoms with Gasteiger partial charge in [0.05, 0.1) is 0 Å². The molecule has 0 spiro atoms. The van der Waals surface area contributed by atoms with Crippen molar-refractivity contribution >= 4 is 21.5 Å². The zero-order chi connectivity index (χ0) is 8.97. The number of hydrogen-bond acceptors (Lipinski definition) is 2. The molecule has 3 heteroatoms. The Morgan fingerprint density at radius 3 is 2.92 bits per heavy atom. The summed E-state index contributed by atoms with van der Waals surface area (Å²) in [5.41, 5.74) is 1.02. The average molecular weight is 230 g/mol. The van der Waals surface area contributed by atoms with Gasteiger partial charge in [0.25, 0.3) is 0 Å². The molecule has 0 atom stereocenters. The van der Waals surface area contributed by atoms with Gasteiger partial charge in [0.15, 0.2) is 4.67 Å². The lowest BCUT2D eigenvalue weighted by Gasteiger charge is -2.00. The molecule has 0 saturated heterocycles. The van der Waals surface area contributed by atoms with Crippen molar-refractivity contribution in [3.63, 3.8) is 0 Å². The first-order chi connectivity index (χ1) is 5.74. The van der Waals surface area contributed by atoms with Crippen molar-refractivity contribution < 1.29 is 4.42 Å². The highest BCUT2D eigenvalue weighted by atomic mass is 79.9. The predicted octanol–water partition coefficient (Wildman–Crippen LogP) is 2.66. The number of hydrogen-bond donors (Lipinski definition) is 1. The van der Waals surface area contributed by atoms with Crippen molar-refractivity contribution in [3.05, 3.63) is 29.1 Å². The summed E-state index contributed by atoms with van der Waals surface area (Å²) in [6.45, 7) is 4.85. The Balaban J connectivity index is 2.53. The van der Waals surface area contributed by atoms with E-state index in [1.165, 1.54) is 0 Å². The standard InChI is InChI=1S/C9H12BrNO/c1-7(5-6-11-2)8-3-4-9(10)12-8/h3-4,11H,1,5-6H2,2H3. The van der Waals surface area contributed by atoms with Gasteiger partial charge < -0.3 is 9.73 Å². The molecule has 1 aromatic rings. The molecule has 0 aliphatic heterocycles. The molecule has 1 rings (SSSR count). The van der Waals surface area contributed by atoms with E-state index in [4.69, 9.17) is 4.42 Å². The Labute approximate surface area is 80.8 Å². The first-order valence-corrected chi connectivity index (χ1v) is 4.61. The predicted molar refractivity (Wildman–Crippen MR) is 54.0 cm³/mol. The smallest absolute Gasteiger partial charge is 0.169 e. The van der Waals surface area contributed by atoms with Gasteiger partial charge in [-0.3, -0.25) is 0 Å². The molecule has 2 nitrogen and oxygen atoms in total. The van der Waals surface area contributed by atoms with Crippen molar-refractivity contribution in [1.82, 2.24) is 5.32 Å². The first-order valence-electron chi connectivity index (χ1n) is 3.82. The second-order valence-corrected chi connectivity index (χ2v) is 3.34. The molecular formula is C9H12BrNO. The molecule has 0 aromatic carbocycles. The largest absolute Gasteiger partial charge is 0.450 e. The van der Waals surface area contributed by atoms with E-state index in [0.717, 1.165) is 29.0 Å². The van der Waals surface area contributed by atoms with Crippen LogP contribution in [0.4, 0.5) is 0 Å². The van der Waals surface area contributed by atoms with E-state index >= 15 is 0 Å². The van der Waals surface area contributed by atoms with Crippen molar-refractivity contribution in [1.29, 1.82) is 0 Å². The Morgan fingerprint density at radius 1 is 1.67 bits per heavy atom. The zero-order valence-corrected chi connectivity index (χ0v) is 8.65. The average Bonchev–Trinajstić information content (AvgIpc) is 2.47. The van der Waals surface area contributed by atoms with Crippen LogP contribution in [-0.4, -0.2) is 13.6 Å². The molecule has 0 fully saturated rings. The maximum atomic E-state index is 5.33. The maximum absolute atomic E-state index is 5.33. The Kier molecular flexibility index (Phi) is 3.56. The second kappa shape index (κ2) is 4.48. The minimum absolute atomic E-state index is 0.753. The minimum Gasteiger partial charge on any atom is -0.450 e. The summed E-state index contributed by atoms with van der Waals surface area (Å²) in [5, 5.41) is 3.06. The highest BCUT2D eigenvalue weighted by Crippen LogP contribution is 2.21. The molecule has 0 aliphatic rings. The van der Waals surface area contributed by atoms with Crippen LogP contribution in [0, 0.1) is 0 Å². The van der Waals surface area contributed by atoms with Gasteiger partial charge in [0, 0.05) is 0 Å². The van der Waals surface area contributed by atoms with Gasteiger partial charge in [-0.15, -0.1) is 0 Å². The molecule has 1 N–H and O–H groups in total. The number of halogens is 1. The monoisotopic (exact) mass is 229 g/mol. The highest BCUT2D eigenvalue weighted by molar-refractivity contribution is 9.10. The summed E-state index contributed by atoms with van der Waals surface area (Å²) in [4.78, 5) is 0. The SMILES string of the molecule is C=C(CCNC)c1ccc(Br)o1. The summed E-state index contributed by atoms with van der Waals surface area (Å²) in [7, 11) is 1.92. The zero-order valence-electron chi connectivity index (χ0n) is 7.06. The van der Waals surface area contributed by atoms with E-state index in [2.05, 4.69) is 27.8 Å². The minimum atomic E-state index is 0.753. The van der Waals surface area contributed by atoms with Crippen LogP contribution >= 0.6 is 15.9 Å². The van der Waals surface area contributed by atoms with Gasteiger partial charge in [-0.25, -0.2) is 0 Å². The lowest BCUT2D eigenvalue weighted by Crippen LogP contribution is -2.07. The summed E-state index contributed by atoms with van der Waals surface area (Å²) < 4.78 is 6.08. The van der Waals surface area contributed by atoms with Gasteiger partial charge in [0.1, 0.15) is 5.76 Å². The van der Waals surface area contributed by atoms with Gasteiger partial charge in [-0.05, 0) is 53.6 Å². The van der Waals surface area contributed by atoms with E-state index in [1.54, 1.807) is 0 Å². The van der Waals surface area contributed by atoms with E-state index in [1.807, 2.05) is 19.2 Å². The Bertz CT molecular complexity index is 267. The topological polar surface area (TPSA) is 25.2 Å². The quantitative estimate of drug-likeness (QED) is 0.860. The lowest BCUT2D eigenvalue weighted by atomic mass is 10.2. The molecule has 0 unspecified atom stereocenters. The van der Waals surface area contributed by atoms with Crippen LogP contribution in [0.3, 0.4) is 0 Å². The summed E-state index contributed by atoms with van der Waals surface area (Å²) in [5.74, 6) is 0.858. The van der Waals surface area contributed by atoms with Crippen LogP contribution in [0.15, 0.2) is 27.8 Å². The fraction of sp³-hybridized carbons (Fsp3) is 0.333. The van der Waals surface area contributed by atoms with Gasteiger partial charge >= 0.3 is 0 Å². The normalized spacial score (nSPS) is 10.2. The number of furan rings is 1. The van der Waals surface area contributed by atoms with E-state index in [9.17, 15) is 0 Å². The molecule has 0 radical (unpaired) electrons. The molecule has 0 amide bonds. The van der Waals surface area contributed by atoms with Crippen LogP contribution in [0.5, 0.6) is 0 Å². The van der Waals surface area contributed by atoms with Crippen molar-refractivity contribution in [2.45, 2.75) is 6.42 Å². The Morgan fingerprint density at radius 2 is 2.42 bits per heavy atom. The van der Waals surface area contributed by atoms with Crippen LogP contribution in [-0.2, 0) is 0 Å². The second-order valence-electron chi connectivity index (χ2n) is 2.56. The Hall–Kier alpha value is -0.540. The third-order valence-electron chi connectivity index (χ3n) is 1.60. The van der Waals surface area contributed by atoms with Gasteiger partial charge in [-0.2, -0.15) is 0 Å². The maximum Gasteiger partial charge on any atom is 0.169 e. The molecular weight excluding hydrogens is 218 g/mol. The third-order valence-corrected chi connectivity index (χ3v) is 2.02. The molecule has 0 aliphatic carbocycles. The van der Waals surface area contributed by atoms with Crippen molar-refractivity contribution in [2.75, 3.05) is 13.6 Å². The summed E-state index contributed by atoms with van der Waals surface area (Å²) >= 11 is 3.25. The molecule has 1 aromatic heterocycles. The van der Waals surface area contributed by atoms with Crippen LogP contribution in [0.2, 0.25) is 0 Å². The fourth-order valence-electron chi connectivity index (χ4n) is 0.903. The van der Waals surface area contributed by atoms with Crippen LogP contribution in [0.1, 0.15) is 12.2 Å². The molecule has 0 saturated carbocycles. The molecule has 1 heterocycles. The summed E-state index contributed by atoms with van der Waals surface area (Å²) in [6.07, 6.45) is 0.913. The first kappa shape index (κ1) is 9.55. The van der Waals surface area contributed by atoms with E-state index in [-0.39, 0.29) is 0 Å². The van der Waals surface area contributed by atoms with Crippen molar-refractivity contribution in [2.24, 2.45) is 0 Å².